The molecule has 0 fully saturated rings. The highest BCUT2D eigenvalue weighted by Gasteiger charge is 2.03. The first-order chi connectivity index (χ1) is 4.74. The lowest BCUT2D eigenvalue weighted by Gasteiger charge is -2.17. The topological polar surface area (TPSA) is 40.5 Å². The SMILES string of the molecule is CCN(C=O)CC(C)CO. The quantitative estimate of drug-likeness (QED) is 0.557. The second kappa shape index (κ2) is 5.23. The van der Waals surface area contributed by atoms with E-state index < -0.39 is 0 Å². The van der Waals surface area contributed by atoms with Gasteiger partial charge in [0.2, 0.25) is 6.41 Å². The van der Waals surface area contributed by atoms with Crippen molar-refractivity contribution in [2.45, 2.75) is 13.8 Å². The van der Waals surface area contributed by atoms with Gasteiger partial charge in [-0.1, -0.05) is 6.92 Å². The van der Waals surface area contributed by atoms with Crippen molar-refractivity contribution in [2.75, 3.05) is 19.7 Å². The molecular weight excluding hydrogens is 130 g/mol. The summed E-state index contributed by atoms with van der Waals surface area (Å²) in [5.74, 6) is 0.185. The average Bonchev–Trinajstić information content (AvgIpc) is 1.99. The summed E-state index contributed by atoms with van der Waals surface area (Å²) in [5.41, 5.74) is 0. The van der Waals surface area contributed by atoms with E-state index in [1.54, 1.807) is 4.90 Å². The lowest BCUT2D eigenvalue weighted by Crippen LogP contribution is -2.28. The van der Waals surface area contributed by atoms with Crippen LogP contribution in [0.1, 0.15) is 13.8 Å². The molecule has 3 nitrogen and oxygen atoms in total. The van der Waals surface area contributed by atoms with Crippen molar-refractivity contribution in [1.29, 1.82) is 0 Å². The van der Waals surface area contributed by atoms with E-state index in [1.165, 1.54) is 0 Å². The molecule has 0 aliphatic carbocycles. The Labute approximate surface area is 61.6 Å². The van der Waals surface area contributed by atoms with E-state index in [1.807, 2.05) is 13.8 Å². The van der Waals surface area contributed by atoms with E-state index in [9.17, 15) is 4.79 Å². The maximum Gasteiger partial charge on any atom is 0.209 e. The lowest BCUT2D eigenvalue weighted by molar-refractivity contribution is -0.118. The molecule has 0 aliphatic rings. The first-order valence-electron chi connectivity index (χ1n) is 3.54. The van der Waals surface area contributed by atoms with Gasteiger partial charge in [0.05, 0.1) is 0 Å². The highest BCUT2D eigenvalue weighted by atomic mass is 16.3. The number of aliphatic hydroxyl groups is 1. The molecule has 3 heteroatoms. The van der Waals surface area contributed by atoms with E-state index in [2.05, 4.69) is 0 Å². The molecule has 0 saturated carbocycles. The smallest absolute Gasteiger partial charge is 0.209 e. The van der Waals surface area contributed by atoms with Crippen LogP contribution in [0.4, 0.5) is 0 Å². The Balaban J connectivity index is 3.51. The van der Waals surface area contributed by atoms with Crippen LogP contribution in [0.25, 0.3) is 0 Å². The van der Waals surface area contributed by atoms with Crippen molar-refractivity contribution in [1.82, 2.24) is 4.90 Å². The Morgan fingerprint density at radius 1 is 1.70 bits per heavy atom. The molecule has 1 atom stereocenters. The minimum Gasteiger partial charge on any atom is -0.396 e. The molecule has 1 amide bonds. The van der Waals surface area contributed by atoms with Crippen LogP contribution in [0, 0.1) is 5.92 Å². The van der Waals surface area contributed by atoms with Crippen LogP contribution in [0.3, 0.4) is 0 Å². The zero-order valence-electron chi connectivity index (χ0n) is 6.58. The zero-order valence-corrected chi connectivity index (χ0v) is 6.58. The minimum atomic E-state index is 0.143. The largest absolute Gasteiger partial charge is 0.396 e. The zero-order chi connectivity index (χ0) is 7.98. The molecule has 0 bridgehead atoms. The first kappa shape index (κ1) is 9.43. The van der Waals surface area contributed by atoms with Gasteiger partial charge in [-0.05, 0) is 12.8 Å². The molecule has 0 saturated heterocycles. The molecule has 0 heterocycles. The number of hydrogen-bond acceptors (Lipinski definition) is 2. The molecule has 60 valence electrons. The van der Waals surface area contributed by atoms with Crippen molar-refractivity contribution in [2.24, 2.45) is 5.92 Å². The van der Waals surface area contributed by atoms with Gasteiger partial charge in [0.25, 0.3) is 0 Å². The Bertz CT molecular complexity index is 95.6. The van der Waals surface area contributed by atoms with Crippen LogP contribution in [-0.2, 0) is 4.79 Å². The summed E-state index contributed by atoms with van der Waals surface area (Å²) in [4.78, 5) is 11.9. The predicted octanol–water partition coefficient (Wildman–Crippen LogP) is 0.0931. The van der Waals surface area contributed by atoms with Gasteiger partial charge in [-0.25, -0.2) is 0 Å². The van der Waals surface area contributed by atoms with Crippen LogP contribution >= 0.6 is 0 Å². The van der Waals surface area contributed by atoms with Crippen LogP contribution in [0.5, 0.6) is 0 Å². The van der Waals surface area contributed by atoms with Gasteiger partial charge in [-0.3, -0.25) is 4.79 Å². The number of amides is 1. The fourth-order valence-electron chi connectivity index (χ4n) is 0.705. The van der Waals surface area contributed by atoms with Gasteiger partial charge in [-0.2, -0.15) is 0 Å². The Hall–Kier alpha value is -0.570. The number of aliphatic hydroxyl groups excluding tert-OH is 1. The summed E-state index contributed by atoms with van der Waals surface area (Å²) >= 11 is 0. The summed E-state index contributed by atoms with van der Waals surface area (Å²) < 4.78 is 0. The molecule has 0 aliphatic heterocycles. The van der Waals surface area contributed by atoms with E-state index in [0.717, 1.165) is 6.41 Å². The van der Waals surface area contributed by atoms with Gasteiger partial charge >= 0.3 is 0 Å². The van der Waals surface area contributed by atoms with Crippen LogP contribution < -0.4 is 0 Å². The molecule has 0 rings (SSSR count). The summed E-state index contributed by atoms with van der Waals surface area (Å²) in [7, 11) is 0. The molecule has 0 aromatic heterocycles. The number of nitrogens with zero attached hydrogens (tertiary/aromatic N) is 1. The van der Waals surface area contributed by atoms with Gasteiger partial charge in [0, 0.05) is 19.7 Å². The van der Waals surface area contributed by atoms with Crippen LogP contribution in [0.2, 0.25) is 0 Å². The number of rotatable bonds is 5. The van der Waals surface area contributed by atoms with Crippen molar-refractivity contribution in [3.63, 3.8) is 0 Å². The second-order valence-electron chi connectivity index (χ2n) is 2.48. The third-order valence-electron chi connectivity index (χ3n) is 1.41. The molecule has 0 spiro atoms. The molecule has 1 unspecified atom stereocenters. The van der Waals surface area contributed by atoms with Crippen molar-refractivity contribution in [3.8, 4) is 0 Å². The Kier molecular flexibility index (Phi) is 4.94. The fraction of sp³-hybridized carbons (Fsp3) is 0.857. The Morgan fingerprint density at radius 3 is 2.60 bits per heavy atom. The molecule has 0 aromatic carbocycles. The van der Waals surface area contributed by atoms with Gasteiger partial charge in [0.1, 0.15) is 0 Å². The van der Waals surface area contributed by atoms with E-state index in [-0.39, 0.29) is 12.5 Å². The van der Waals surface area contributed by atoms with Crippen molar-refractivity contribution >= 4 is 6.41 Å². The number of hydrogen-bond donors (Lipinski definition) is 1. The first-order valence-corrected chi connectivity index (χ1v) is 3.54. The monoisotopic (exact) mass is 145 g/mol. The second-order valence-corrected chi connectivity index (χ2v) is 2.48. The number of carbonyl (C=O) groups is 1. The fourth-order valence-corrected chi connectivity index (χ4v) is 0.705. The lowest BCUT2D eigenvalue weighted by atomic mass is 10.2. The van der Waals surface area contributed by atoms with Crippen molar-refractivity contribution in [3.05, 3.63) is 0 Å². The minimum absolute atomic E-state index is 0.143. The molecular formula is C7H15NO2. The summed E-state index contributed by atoms with van der Waals surface area (Å²) in [6.45, 7) is 5.33. The van der Waals surface area contributed by atoms with Crippen LogP contribution in [0.15, 0.2) is 0 Å². The van der Waals surface area contributed by atoms with Gasteiger partial charge < -0.3 is 10.0 Å². The van der Waals surface area contributed by atoms with Gasteiger partial charge in [0.15, 0.2) is 0 Å². The molecule has 10 heavy (non-hydrogen) atoms. The predicted molar refractivity (Wildman–Crippen MR) is 39.6 cm³/mol. The average molecular weight is 145 g/mol. The van der Waals surface area contributed by atoms with E-state index in [4.69, 9.17) is 5.11 Å². The number of carbonyl (C=O) groups excluding carboxylic acids is 1. The van der Waals surface area contributed by atoms with E-state index in [0.29, 0.717) is 13.1 Å². The van der Waals surface area contributed by atoms with Gasteiger partial charge in [-0.15, -0.1) is 0 Å². The highest BCUT2D eigenvalue weighted by Crippen LogP contribution is 1.95. The van der Waals surface area contributed by atoms with E-state index >= 15 is 0 Å². The van der Waals surface area contributed by atoms with Crippen molar-refractivity contribution < 1.29 is 9.90 Å². The summed E-state index contributed by atoms with van der Waals surface area (Å²) in [6, 6.07) is 0. The van der Waals surface area contributed by atoms with Crippen LogP contribution in [-0.4, -0.2) is 36.1 Å². The summed E-state index contributed by atoms with van der Waals surface area (Å²) in [6.07, 6.45) is 0.812. The standard InChI is InChI=1S/C7H15NO2/c1-3-8(6-10)4-7(2)5-9/h6-7,9H,3-5H2,1-2H3. The third-order valence-corrected chi connectivity index (χ3v) is 1.41. The maximum atomic E-state index is 10.2. The molecule has 0 aromatic rings. The third kappa shape index (κ3) is 3.45. The summed E-state index contributed by atoms with van der Waals surface area (Å²) in [5, 5.41) is 8.63. The molecule has 1 N–H and O–H groups in total. The maximum absolute atomic E-state index is 10.2. The normalized spacial score (nSPS) is 12.7. The Morgan fingerprint density at radius 2 is 2.30 bits per heavy atom. The highest BCUT2D eigenvalue weighted by molar-refractivity contribution is 5.46. The molecule has 0 radical (unpaired) electrons.